The summed E-state index contributed by atoms with van der Waals surface area (Å²) in [5, 5.41) is 3.30. The second kappa shape index (κ2) is 5.66. The molecule has 2 saturated carbocycles. The van der Waals surface area contributed by atoms with E-state index in [2.05, 4.69) is 10.0 Å². The van der Waals surface area contributed by atoms with E-state index >= 15 is 0 Å². The molecule has 0 amide bonds. The van der Waals surface area contributed by atoms with Crippen molar-refractivity contribution in [2.75, 3.05) is 18.9 Å². The summed E-state index contributed by atoms with van der Waals surface area (Å²) in [5.74, 6) is 0.667. The Bertz CT molecular complexity index is 673. The molecular weight excluding hydrogens is 300 g/mol. The van der Waals surface area contributed by atoms with Gasteiger partial charge >= 0.3 is 0 Å². The van der Waals surface area contributed by atoms with Gasteiger partial charge in [0.15, 0.2) is 6.29 Å². The zero-order valence-corrected chi connectivity index (χ0v) is 13.6. The molecule has 0 radical (unpaired) electrons. The van der Waals surface area contributed by atoms with Crippen LogP contribution in [-0.2, 0) is 10.0 Å². The standard InChI is InChI=1S/C16H22N2O3S/c1-17-22(20,21)14-3-4-15(13(7-14)11-19)18-10-12-8-16(9-12)5-2-6-16/h3-4,7,11-12,17-18H,2,5-6,8-10H2,1H3. The van der Waals surface area contributed by atoms with Gasteiger partial charge in [0.2, 0.25) is 10.0 Å². The summed E-state index contributed by atoms with van der Waals surface area (Å²) >= 11 is 0. The average Bonchev–Trinajstić information content (AvgIpc) is 2.44. The average molecular weight is 322 g/mol. The lowest BCUT2D eigenvalue weighted by Gasteiger charge is -2.54. The molecule has 0 atom stereocenters. The van der Waals surface area contributed by atoms with E-state index in [1.54, 1.807) is 6.07 Å². The molecule has 2 N–H and O–H groups in total. The molecule has 0 unspecified atom stereocenters. The zero-order valence-electron chi connectivity index (χ0n) is 12.8. The Labute approximate surface area is 131 Å². The predicted octanol–water partition coefficient (Wildman–Crippen LogP) is 2.40. The highest BCUT2D eigenvalue weighted by molar-refractivity contribution is 7.89. The Morgan fingerprint density at radius 2 is 2.05 bits per heavy atom. The molecule has 1 aromatic carbocycles. The minimum atomic E-state index is -3.52. The fourth-order valence-corrected chi connectivity index (χ4v) is 4.50. The van der Waals surface area contributed by atoms with E-state index in [-0.39, 0.29) is 4.90 Å². The van der Waals surface area contributed by atoms with Crippen LogP contribution in [0.1, 0.15) is 42.5 Å². The van der Waals surface area contributed by atoms with Gasteiger partial charge in [0.1, 0.15) is 0 Å². The van der Waals surface area contributed by atoms with Crippen LogP contribution in [-0.4, -0.2) is 28.3 Å². The number of carbonyl (C=O) groups excluding carboxylic acids is 1. The fraction of sp³-hybridized carbons (Fsp3) is 0.562. The minimum absolute atomic E-state index is 0.111. The first-order valence-electron chi connectivity index (χ1n) is 7.75. The Hall–Kier alpha value is -1.40. The van der Waals surface area contributed by atoms with E-state index in [1.807, 2.05) is 0 Å². The molecule has 120 valence electrons. The van der Waals surface area contributed by atoms with Crippen molar-refractivity contribution in [3.05, 3.63) is 23.8 Å². The maximum absolute atomic E-state index is 11.8. The highest BCUT2D eigenvalue weighted by Gasteiger charge is 2.47. The number of sulfonamides is 1. The van der Waals surface area contributed by atoms with E-state index in [1.165, 1.54) is 51.3 Å². The largest absolute Gasteiger partial charge is 0.384 e. The van der Waals surface area contributed by atoms with Crippen LogP contribution in [0.3, 0.4) is 0 Å². The van der Waals surface area contributed by atoms with Gasteiger partial charge in [-0.05, 0) is 62.3 Å². The Morgan fingerprint density at radius 1 is 1.32 bits per heavy atom. The van der Waals surface area contributed by atoms with Gasteiger partial charge in [-0.1, -0.05) is 6.42 Å². The number of hydrogen-bond acceptors (Lipinski definition) is 4. The number of aldehydes is 1. The summed E-state index contributed by atoms with van der Waals surface area (Å²) in [7, 11) is -2.16. The normalized spacial score (nSPS) is 20.2. The van der Waals surface area contributed by atoms with Crippen LogP contribution in [0, 0.1) is 11.3 Å². The topological polar surface area (TPSA) is 75.3 Å². The van der Waals surface area contributed by atoms with Crippen LogP contribution in [0.25, 0.3) is 0 Å². The Balaban J connectivity index is 1.65. The quantitative estimate of drug-likeness (QED) is 0.789. The van der Waals surface area contributed by atoms with Gasteiger partial charge in [-0.15, -0.1) is 0 Å². The molecule has 0 saturated heterocycles. The van der Waals surface area contributed by atoms with Crippen LogP contribution in [0.4, 0.5) is 5.69 Å². The Kier molecular flexibility index (Phi) is 3.99. The van der Waals surface area contributed by atoms with Crippen LogP contribution in [0.5, 0.6) is 0 Å². The molecule has 3 rings (SSSR count). The molecule has 0 aromatic heterocycles. The van der Waals surface area contributed by atoms with Gasteiger partial charge < -0.3 is 5.32 Å². The van der Waals surface area contributed by atoms with Gasteiger partial charge in [-0.25, -0.2) is 13.1 Å². The summed E-state index contributed by atoms with van der Waals surface area (Å²) in [5.41, 5.74) is 1.73. The number of benzene rings is 1. The number of rotatable bonds is 6. The van der Waals surface area contributed by atoms with Crippen LogP contribution in [0.15, 0.2) is 23.1 Å². The summed E-state index contributed by atoms with van der Waals surface area (Å²) in [6, 6.07) is 4.61. The molecule has 2 aliphatic carbocycles. The van der Waals surface area contributed by atoms with Crippen molar-refractivity contribution in [3.8, 4) is 0 Å². The number of hydrogen-bond donors (Lipinski definition) is 2. The molecule has 0 bridgehead atoms. The smallest absolute Gasteiger partial charge is 0.240 e. The molecule has 1 spiro atoms. The van der Waals surface area contributed by atoms with Crippen molar-refractivity contribution in [2.24, 2.45) is 11.3 Å². The van der Waals surface area contributed by atoms with Gasteiger partial charge in [0, 0.05) is 17.8 Å². The molecule has 0 aliphatic heterocycles. The first kappa shape index (κ1) is 15.5. The van der Waals surface area contributed by atoms with E-state index in [4.69, 9.17) is 0 Å². The molecule has 5 nitrogen and oxygen atoms in total. The summed E-state index contributed by atoms with van der Waals surface area (Å²) in [4.78, 5) is 11.3. The predicted molar refractivity (Wildman–Crippen MR) is 85.6 cm³/mol. The maximum Gasteiger partial charge on any atom is 0.240 e. The second-order valence-electron chi connectivity index (χ2n) is 6.58. The van der Waals surface area contributed by atoms with Crippen molar-refractivity contribution in [2.45, 2.75) is 37.0 Å². The number of anilines is 1. The number of carbonyl (C=O) groups is 1. The molecule has 0 heterocycles. The third-order valence-corrected chi connectivity index (χ3v) is 6.58. The maximum atomic E-state index is 11.8. The van der Waals surface area contributed by atoms with Gasteiger partial charge in [0.05, 0.1) is 4.90 Å². The van der Waals surface area contributed by atoms with Crippen molar-refractivity contribution < 1.29 is 13.2 Å². The molecule has 22 heavy (non-hydrogen) atoms. The lowest BCUT2D eigenvalue weighted by atomic mass is 9.52. The van der Waals surface area contributed by atoms with Crippen molar-refractivity contribution in [1.29, 1.82) is 0 Å². The van der Waals surface area contributed by atoms with Crippen LogP contribution in [0.2, 0.25) is 0 Å². The fourth-order valence-electron chi connectivity index (χ4n) is 3.73. The van der Waals surface area contributed by atoms with E-state index in [0.717, 1.165) is 6.54 Å². The van der Waals surface area contributed by atoms with Crippen molar-refractivity contribution >= 4 is 22.0 Å². The summed E-state index contributed by atoms with van der Waals surface area (Å²) < 4.78 is 25.8. The zero-order chi connectivity index (χ0) is 15.8. The second-order valence-corrected chi connectivity index (χ2v) is 8.47. The van der Waals surface area contributed by atoms with E-state index in [9.17, 15) is 13.2 Å². The van der Waals surface area contributed by atoms with Crippen LogP contribution >= 0.6 is 0 Å². The first-order chi connectivity index (χ1) is 10.5. The minimum Gasteiger partial charge on any atom is -0.384 e. The van der Waals surface area contributed by atoms with E-state index in [0.29, 0.717) is 28.9 Å². The third-order valence-electron chi connectivity index (χ3n) is 5.17. The van der Waals surface area contributed by atoms with Crippen molar-refractivity contribution in [3.63, 3.8) is 0 Å². The SMILES string of the molecule is CNS(=O)(=O)c1ccc(NCC2CC3(CCC3)C2)c(C=O)c1. The highest BCUT2D eigenvalue weighted by atomic mass is 32.2. The summed E-state index contributed by atoms with van der Waals surface area (Å²) in [6.45, 7) is 0.848. The van der Waals surface area contributed by atoms with Gasteiger partial charge in [-0.2, -0.15) is 0 Å². The van der Waals surface area contributed by atoms with Gasteiger partial charge in [-0.3, -0.25) is 4.79 Å². The lowest BCUT2D eigenvalue weighted by molar-refractivity contribution is -0.0185. The monoisotopic (exact) mass is 322 g/mol. The number of nitrogens with one attached hydrogen (secondary N) is 2. The molecule has 2 aliphatic rings. The van der Waals surface area contributed by atoms with Crippen LogP contribution < -0.4 is 10.0 Å². The highest BCUT2D eigenvalue weighted by Crippen LogP contribution is 2.58. The first-order valence-corrected chi connectivity index (χ1v) is 9.23. The summed E-state index contributed by atoms with van der Waals surface area (Å²) in [6.07, 6.45) is 7.38. The van der Waals surface area contributed by atoms with Crippen molar-refractivity contribution in [1.82, 2.24) is 4.72 Å². The lowest BCUT2D eigenvalue weighted by Crippen LogP contribution is -2.45. The molecule has 2 fully saturated rings. The van der Waals surface area contributed by atoms with Gasteiger partial charge in [0.25, 0.3) is 0 Å². The molecule has 1 aromatic rings. The third kappa shape index (κ3) is 2.77. The Morgan fingerprint density at radius 3 is 2.59 bits per heavy atom. The molecular formula is C16H22N2O3S. The molecule has 6 heteroatoms. The van der Waals surface area contributed by atoms with E-state index < -0.39 is 10.0 Å².